The van der Waals surface area contributed by atoms with Crippen LogP contribution in [0.4, 0.5) is 0 Å². The molecule has 0 spiro atoms. The van der Waals surface area contributed by atoms with Gasteiger partial charge in [0.2, 0.25) is 0 Å². The molecule has 0 saturated heterocycles. The summed E-state index contributed by atoms with van der Waals surface area (Å²) in [6.07, 6.45) is 13.3. The third-order valence-electron chi connectivity index (χ3n) is 2.51. The van der Waals surface area contributed by atoms with Gasteiger partial charge in [-0.15, -0.1) is 0 Å². The van der Waals surface area contributed by atoms with Crippen LogP contribution in [0.2, 0.25) is 0 Å². The smallest absolute Gasteiger partial charge is 0.759 e. The molecule has 0 aromatic carbocycles. The number of rotatable bonds is 10. The summed E-state index contributed by atoms with van der Waals surface area (Å²) in [6, 6.07) is 0. The number of unbranched alkanes of at least 4 members (excludes halogenated alkanes) is 9. The van der Waals surface area contributed by atoms with Crippen molar-refractivity contribution in [3.63, 3.8) is 0 Å². The zero-order chi connectivity index (χ0) is 14.3. The molecule has 0 aliphatic rings. The molecule has 112 valence electrons. The minimum Gasteiger partial charge on any atom is -0.759 e. The average molecular weight is 328 g/mol. The van der Waals surface area contributed by atoms with E-state index in [1.165, 1.54) is 57.8 Å². The molecule has 0 unspecified atom stereocenters. The van der Waals surface area contributed by atoms with E-state index in [0.717, 1.165) is 6.42 Å². The summed E-state index contributed by atoms with van der Waals surface area (Å²) >= 11 is 0. The zero-order valence-corrected chi connectivity index (χ0v) is 18.1. The Hall–Kier alpha value is 1.83. The van der Waals surface area contributed by atoms with Crippen LogP contribution < -0.4 is 59.1 Å². The third-order valence-corrected chi connectivity index (χ3v) is 2.51. The second-order valence-electron chi connectivity index (χ2n) is 4.31. The van der Waals surface area contributed by atoms with Gasteiger partial charge in [-0.1, -0.05) is 64.7 Å². The minimum atomic E-state index is -5.17. The second kappa shape index (κ2) is 23.1. The van der Waals surface area contributed by atoms with E-state index < -0.39 is 10.4 Å². The van der Waals surface area contributed by atoms with Gasteiger partial charge in [-0.05, 0) is 6.42 Å². The molecule has 0 aromatic rings. The van der Waals surface area contributed by atoms with E-state index >= 15 is 0 Å². The van der Waals surface area contributed by atoms with E-state index in [9.17, 15) is 0 Å². The van der Waals surface area contributed by atoms with Gasteiger partial charge in [0.1, 0.15) is 0 Å². The molecule has 0 saturated carbocycles. The van der Waals surface area contributed by atoms with Crippen molar-refractivity contribution < 1.29 is 81.7 Å². The number of aliphatic hydroxyl groups excluding tert-OH is 1. The summed E-state index contributed by atoms with van der Waals surface area (Å²) in [5.74, 6) is 0. The summed E-state index contributed by atoms with van der Waals surface area (Å²) in [6.45, 7) is 2.63. The molecule has 0 aromatic heterocycles. The normalized spacial score (nSPS) is 9.80. The van der Waals surface area contributed by atoms with Gasteiger partial charge in [0.05, 0.1) is 0 Å². The van der Waals surface area contributed by atoms with Crippen molar-refractivity contribution >= 4 is 10.4 Å². The molecule has 0 bridgehead atoms. The quantitative estimate of drug-likeness (QED) is 0.195. The Balaban J connectivity index is -0.000000158. The molecule has 0 rings (SSSR count). The Morgan fingerprint density at radius 1 is 0.750 bits per heavy atom. The van der Waals surface area contributed by atoms with Gasteiger partial charge in [-0.3, -0.25) is 8.42 Å². The maximum Gasteiger partial charge on any atom is 1.00 e. The predicted molar refractivity (Wildman–Crippen MR) is 69.4 cm³/mol. The topological polar surface area (TPSA) is 100 Å². The first-order valence-corrected chi connectivity index (χ1v) is 8.02. The van der Waals surface area contributed by atoms with Crippen LogP contribution in [0, 0.1) is 0 Å². The molecule has 0 amide bonds. The zero-order valence-electron chi connectivity index (χ0n) is 13.3. The van der Waals surface area contributed by atoms with E-state index in [-0.39, 0.29) is 59.1 Å². The molecule has 0 aliphatic carbocycles. The standard InChI is InChI=1S/C12H26O.2Na.H2O4S/c1-2-3-4-5-6-7-8-9-10-11-12-13;;;1-5(2,3)4/h13H,2-12H2,1H3;;;(H2,1,2,3,4)/q;2*+1;/p-2. The fourth-order valence-electron chi connectivity index (χ4n) is 1.60. The summed E-state index contributed by atoms with van der Waals surface area (Å²) in [7, 11) is -5.17. The minimum absolute atomic E-state index is 0. The van der Waals surface area contributed by atoms with E-state index in [1.54, 1.807) is 0 Å². The first-order chi connectivity index (χ1) is 8.41. The van der Waals surface area contributed by atoms with E-state index in [0.29, 0.717) is 6.61 Å². The van der Waals surface area contributed by atoms with Crippen LogP contribution in [-0.2, 0) is 10.4 Å². The number of hydrogen-bond acceptors (Lipinski definition) is 5. The van der Waals surface area contributed by atoms with Crippen molar-refractivity contribution in [2.75, 3.05) is 6.61 Å². The molecule has 0 aliphatic heterocycles. The van der Waals surface area contributed by atoms with Crippen LogP contribution in [0.1, 0.15) is 71.1 Å². The molecule has 20 heavy (non-hydrogen) atoms. The maximum absolute atomic E-state index is 8.57. The van der Waals surface area contributed by atoms with Crippen LogP contribution in [0.3, 0.4) is 0 Å². The van der Waals surface area contributed by atoms with Gasteiger partial charge >= 0.3 is 59.1 Å². The van der Waals surface area contributed by atoms with Crippen molar-refractivity contribution in [1.82, 2.24) is 0 Å². The molecular formula is C12H26Na2O5S. The molecule has 0 fully saturated rings. The van der Waals surface area contributed by atoms with Crippen molar-refractivity contribution in [3.05, 3.63) is 0 Å². The number of hydrogen-bond donors (Lipinski definition) is 1. The van der Waals surface area contributed by atoms with Crippen LogP contribution in [-0.4, -0.2) is 29.2 Å². The molecular weight excluding hydrogens is 302 g/mol. The van der Waals surface area contributed by atoms with Crippen molar-refractivity contribution in [3.8, 4) is 0 Å². The van der Waals surface area contributed by atoms with Gasteiger partial charge < -0.3 is 14.2 Å². The Kier molecular flexibility index (Phi) is 34.4. The summed E-state index contributed by atoms with van der Waals surface area (Å²) in [5, 5.41) is 8.57. The Bertz CT molecular complexity index is 230. The van der Waals surface area contributed by atoms with Crippen molar-refractivity contribution in [1.29, 1.82) is 0 Å². The predicted octanol–water partition coefficient (Wildman–Crippen LogP) is -3.43. The first kappa shape index (κ1) is 29.8. The first-order valence-electron chi connectivity index (χ1n) is 6.69. The van der Waals surface area contributed by atoms with Crippen molar-refractivity contribution in [2.45, 2.75) is 71.1 Å². The summed E-state index contributed by atoms with van der Waals surface area (Å²) < 4.78 is 34.1. The largest absolute Gasteiger partial charge is 1.00 e. The van der Waals surface area contributed by atoms with Crippen LogP contribution >= 0.6 is 0 Å². The molecule has 5 nitrogen and oxygen atoms in total. The number of aliphatic hydroxyl groups is 1. The molecule has 8 heteroatoms. The van der Waals surface area contributed by atoms with Crippen molar-refractivity contribution in [2.24, 2.45) is 0 Å². The maximum atomic E-state index is 8.57. The van der Waals surface area contributed by atoms with E-state index in [4.69, 9.17) is 22.6 Å². The Morgan fingerprint density at radius 2 is 1.00 bits per heavy atom. The van der Waals surface area contributed by atoms with Crippen LogP contribution in [0.25, 0.3) is 0 Å². The van der Waals surface area contributed by atoms with Gasteiger partial charge in [-0.25, -0.2) is 0 Å². The van der Waals surface area contributed by atoms with E-state index in [2.05, 4.69) is 6.92 Å². The Labute approximate surface area is 168 Å². The third kappa shape index (κ3) is 50.2. The van der Waals surface area contributed by atoms with Gasteiger partial charge in [0.15, 0.2) is 0 Å². The van der Waals surface area contributed by atoms with Crippen LogP contribution in [0.15, 0.2) is 0 Å². The fourth-order valence-corrected chi connectivity index (χ4v) is 1.60. The summed E-state index contributed by atoms with van der Waals surface area (Å²) in [5.41, 5.74) is 0. The monoisotopic (exact) mass is 328 g/mol. The van der Waals surface area contributed by atoms with Gasteiger partial charge in [0, 0.05) is 17.0 Å². The van der Waals surface area contributed by atoms with Gasteiger partial charge in [-0.2, -0.15) is 0 Å². The van der Waals surface area contributed by atoms with Crippen LogP contribution in [0.5, 0.6) is 0 Å². The summed E-state index contributed by atoms with van der Waals surface area (Å²) in [4.78, 5) is 0. The molecule has 0 heterocycles. The SMILES string of the molecule is CCCCCCCCCCCCO.O=S(=O)([O-])[O-].[Na+].[Na+]. The molecule has 0 radical (unpaired) electrons. The Morgan fingerprint density at radius 3 is 1.25 bits per heavy atom. The van der Waals surface area contributed by atoms with Gasteiger partial charge in [0.25, 0.3) is 0 Å². The average Bonchev–Trinajstić information content (AvgIpc) is 2.25. The second-order valence-corrected chi connectivity index (χ2v) is 5.13. The fraction of sp³-hybridized carbons (Fsp3) is 1.00. The van der Waals surface area contributed by atoms with E-state index in [1.807, 2.05) is 0 Å². The molecule has 1 N–H and O–H groups in total. The molecule has 0 atom stereocenters.